The van der Waals surface area contributed by atoms with E-state index in [1.165, 1.54) is 9.87 Å². The Morgan fingerprint density at radius 1 is 0.881 bits per heavy atom. The maximum absolute atomic E-state index is 14.2. The van der Waals surface area contributed by atoms with Crippen molar-refractivity contribution in [2.24, 2.45) is 0 Å². The van der Waals surface area contributed by atoms with Crippen molar-refractivity contribution in [3.05, 3.63) is 107 Å². The summed E-state index contributed by atoms with van der Waals surface area (Å²) in [5.41, 5.74) is 5.92. The van der Waals surface area contributed by atoms with Crippen LogP contribution in [0.2, 0.25) is 0 Å². The molecule has 0 N–H and O–H groups in total. The molecule has 1 atom stereocenters. The summed E-state index contributed by atoms with van der Waals surface area (Å²) in [5, 5.41) is 0.860. The number of hydrogen-bond acceptors (Lipinski definition) is 5. The van der Waals surface area contributed by atoms with Gasteiger partial charge in [-0.3, -0.25) is 14.7 Å². The molecule has 3 heterocycles. The van der Waals surface area contributed by atoms with Crippen molar-refractivity contribution in [2.45, 2.75) is 50.6 Å². The third-order valence-corrected chi connectivity index (χ3v) is 10.7. The van der Waals surface area contributed by atoms with E-state index in [2.05, 4.69) is 43.0 Å². The minimum absolute atomic E-state index is 0.0404. The van der Waals surface area contributed by atoms with Gasteiger partial charge in [0.25, 0.3) is 5.91 Å². The fraction of sp³-hybridized carbons (Fsp3) is 0.353. The smallest absolute Gasteiger partial charge is 0.255 e. The van der Waals surface area contributed by atoms with Gasteiger partial charge in [0.2, 0.25) is 10.0 Å². The highest BCUT2D eigenvalue weighted by molar-refractivity contribution is 7.89. The molecule has 1 fully saturated rings. The highest BCUT2D eigenvalue weighted by Gasteiger charge is 2.33. The lowest BCUT2D eigenvalue weighted by Crippen LogP contribution is -2.50. The Labute approximate surface area is 248 Å². The molecule has 0 spiro atoms. The first-order chi connectivity index (χ1) is 20.3. The van der Waals surface area contributed by atoms with Crippen LogP contribution in [0, 0.1) is 0 Å². The fourth-order valence-electron chi connectivity index (χ4n) is 6.11. The van der Waals surface area contributed by atoms with Crippen LogP contribution in [-0.2, 0) is 29.5 Å². The van der Waals surface area contributed by atoms with Gasteiger partial charge >= 0.3 is 0 Å². The summed E-state index contributed by atoms with van der Waals surface area (Å²) in [6.45, 7) is 7.87. The summed E-state index contributed by atoms with van der Waals surface area (Å²) in [6, 6.07) is 25.5. The molecule has 1 amide bonds. The van der Waals surface area contributed by atoms with Gasteiger partial charge in [0.05, 0.1) is 16.0 Å². The van der Waals surface area contributed by atoms with Gasteiger partial charge in [-0.25, -0.2) is 8.42 Å². The van der Waals surface area contributed by atoms with E-state index in [0.29, 0.717) is 36.0 Å². The van der Waals surface area contributed by atoms with Crippen LogP contribution in [0.4, 0.5) is 0 Å². The predicted molar refractivity (Wildman–Crippen MR) is 166 cm³/mol. The number of para-hydroxylation sites is 1. The van der Waals surface area contributed by atoms with Crippen LogP contribution in [0.5, 0.6) is 0 Å². The average Bonchev–Trinajstić information content (AvgIpc) is 3.03. The lowest BCUT2D eigenvalue weighted by Gasteiger charge is -2.36. The molecule has 218 valence electrons. The van der Waals surface area contributed by atoms with Crippen LogP contribution >= 0.6 is 0 Å². The van der Waals surface area contributed by atoms with Crippen molar-refractivity contribution < 1.29 is 13.2 Å². The quantitative estimate of drug-likeness (QED) is 0.290. The van der Waals surface area contributed by atoms with Gasteiger partial charge in [0, 0.05) is 68.9 Å². The second kappa shape index (κ2) is 12.0. The van der Waals surface area contributed by atoms with Crippen LogP contribution in [0.3, 0.4) is 0 Å². The molecule has 0 saturated carbocycles. The van der Waals surface area contributed by atoms with Crippen molar-refractivity contribution >= 4 is 26.8 Å². The largest absolute Gasteiger partial charge is 0.336 e. The molecule has 4 aromatic rings. The number of carbonyl (C=O) groups excluding carboxylic acids is 1. The Balaban J connectivity index is 1.23. The molecule has 1 saturated heterocycles. The van der Waals surface area contributed by atoms with Crippen molar-refractivity contribution in [3.8, 4) is 0 Å². The molecule has 2 aliphatic rings. The molecule has 1 unspecified atom stereocenters. The Hall–Kier alpha value is -3.59. The van der Waals surface area contributed by atoms with E-state index >= 15 is 0 Å². The standard InChI is InChI=1S/C34H38N4O3S/c1-3-25(2)27-13-15-28(16-14-27)42(40,41)38-21-19-37(20-22-38)34(39)33-29-11-7-8-12-31(29)35-32-17-18-36(24-30(32)33)23-26-9-5-4-6-10-26/h4-16,25H,3,17-24H2,1-2H3. The topological polar surface area (TPSA) is 73.8 Å². The van der Waals surface area contributed by atoms with E-state index < -0.39 is 10.0 Å². The molecule has 2 aliphatic heterocycles. The van der Waals surface area contributed by atoms with Gasteiger partial charge in [-0.05, 0) is 41.7 Å². The monoisotopic (exact) mass is 582 g/mol. The van der Waals surface area contributed by atoms with Crippen molar-refractivity contribution in [2.75, 3.05) is 32.7 Å². The van der Waals surface area contributed by atoms with Crippen molar-refractivity contribution in [1.29, 1.82) is 0 Å². The SMILES string of the molecule is CCC(C)c1ccc(S(=O)(=O)N2CCN(C(=O)c3c4c(nc5ccccc35)CCN(Cc3ccccc3)C4)CC2)cc1. The number of aromatic nitrogens is 1. The van der Waals surface area contributed by atoms with E-state index in [9.17, 15) is 13.2 Å². The number of hydrogen-bond donors (Lipinski definition) is 0. The van der Waals surface area contributed by atoms with Gasteiger partial charge in [-0.2, -0.15) is 4.31 Å². The van der Waals surface area contributed by atoms with Crippen molar-refractivity contribution in [1.82, 2.24) is 19.1 Å². The molecule has 0 radical (unpaired) electrons. The summed E-state index contributed by atoms with van der Waals surface area (Å²) < 4.78 is 28.4. The van der Waals surface area contributed by atoms with E-state index in [-0.39, 0.29) is 19.0 Å². The Bertz CT molecular complexity index is 1680. The van der Waals surface area contributed by atoms with Crippen LogP contribution in [0.25, 0.3) is 10.9 Å². The zero-order valence-electron chi connectivity index (χ0n) is 24.4. The van der Waals surface area contributed by atoms with Crippen molar-refractivity contribution in [3.63, 3.8) is 0 Å². The lowest BCUT2D eigenvalue weighted by atomic mass is 9.94. The number of piperazine rings is 1. The third kappa shape index (κ3) is 5.59. The molecule has 6 rings (SSSR count). The van der Waals surface area contributed by atoms with Gasteiger partial charge in [0.15, 0.2) is 0 Å². The maximum Gasteiger partial charge on any atom is 0.255 e. The Kier molecular flexibility index (Phi) is 8.12. The average molecular weight is 583 g/mol. The number of nitrogens with zero attached hydrogens (tertiary/aromatic N) is 4. The van der Waals surface area contributed by atoms with Gasteiger partial charge < -0.3 is 4.90 Å². The predicted octanol–water partition coefficient (Wildman–Crippen LogP) is 5.45. The third-order valence-electron chi connectivity index (χ3n) is 8.81. The molecular weight excluding hydrogens is 544 g/mol. The molecule has 0 aliphatic carbocycles. The molecular formula is C34H38N4O3S. The molecule has 1 aromatic heterocycles. The summed E-state index contributed by atoms with van der Waals surface area (Å²) in [7, 11) is -3.63. The number of benzene rings is 3. The van der Waals surface area contributed by atoms with E-state index in [4.69, 9.17) is 4.98 Å². The lowest BCUT2D eigenvalue weighted by molar-refractivity contribution is 0.0696. The van der Waals surface area contributed by atoms with Gasteiger partial charge in [0.1, 0.15) is 0 Å². The molecule has 42 heavy (non-hydrogen) atoms. The zero-order chi connectivity index (χ0) is 29.3. The first kappa shape index (κ1) is 28.5. The van der Waals surface area contributed by atoms with Crippen LogP contribution in [-0.4, -0.2) is 66.1 Å². The van der Waals surface area contributed by atoms with Gasteiger partial charge in [-0.1, -0.05) is 74.5 Å². The van der Waals surface area contributed by atoms with Crippen LogP contribution < -0.4 is 0 Å². The number of fused-ring (bicyclic) bond motifs is 2. The minimum Gasteiger partial charge on any atom is -0.336 e. The second-order valence-corrected chi connectivity index (χ2v) is 13.4. The van der Waals surface area contributed by atoms with E-state index in [1.807, 2.05) is 47.4 Å². The number of carbonyl (C=O) groups is 1. The normalized spacial score (nSPS) is 17.2. The Morgan fingerprint density at radius 2 is 1.57 bits per heavy atom. The molecule has 0 bridgehead atoms. The van der Waals surface area contributed by atoms with E-state index in [1.54, 1.807) is 12.1 Å². The number of rotatable bonds is 7. The fourth-order valence-corrected chi connectivity index (χ4v) is 7.53. The van der Waals surface area contributed by atoms with Crippen LogP contribution in [0.1, 0.15) is 58.9 Å². The Morgan fingerprint density at radius 3 is 2.29 bits per heavy atom. The second-order valence-electron chi connectivity index (χ2n) is 11.5. The van der Waals surface area contributed by atoms with E-state index in [0.717, 1.165) is 53.7 Å². The number of pyridine rings is 1. The zero-order valence-corrected chi connectivity index (χ0v) is 25.2. The summed E-state index contributed by atoms with van der Waals surface area (Å²) in [4.78, 5) is 23.7. The minimum atomic E-state index is -3.63. The first-order valence-electron chi connectivity index (χ1n) is 14.9. The first-order valence-corrected chi connectivity index (χ1v) is 16.4. The summed E-state index contributed by atoms with van der Waals surface area (Å²) >= 11 is 0. The summed E-state index contributed by atoms with van der Waals surface area (Å²) in [6.07, 6.45) is 1.79. The number of sulfonamides is 1. The summed E-state index contributed by atoms with van der Waals surface area (Å²) in [5.74, 6) is 0.345. The molecule has 7 nitrogen and oxygen atoms in total. The molecule has 8 heteroatoms. The maximum atomic E-state index is 14.2. The number of amides is 1. The van der Waals surface area contributed by atoms with Gasteiger partial charge in [-0.15, -0.1) is 0 Å². The highest BCUT2D eigenvalue weighted by Crippen LogP contribution is 2.31. The van der Waals surface area contributed by atoms with Crippen LogP contribution in [0.15, 0.2) is 83.8 Å². The highest BCUT2D eigenvalue weighted by atomic mass is 32.2. The molecule has 3 aromatic carbocycles.